The van der Waals surface area contributed by atoms with Gasteiger partial charge < -0.3 is 9.13 Å². The molecule has 0 fully saturated rings. The van der Waals surface area contributed by atoms with Crippen molar-refractivity contribution in [1.82, 2.24) is 33.2 Å². The average molecular weight is 970 g/mol. The zero-order chi connectivity index (χ0) is 49.8. The molecule has 5 heterocycles. The second-order valence-electron chi connectivity index (χ2n) is 19.6. The van der Waals surface area contributed by atoms with Crippen molar-refractivity contribution >= 4 is 87.2 Å². The van der Waals surface area contributed by atoms with Crippen molar-refractivity contribution in [2.75, 3.05) is 0 Å². The summed E-state index contributed by atoms with van der Waals surface area (Å²) in [5, 5.41) is 9.07. The first-order chi connectivity index (χ1) is 37.7. The summed E-state index contributed by atoms with van der Waals surface area (Å²) >= 11 is 0. The molecule has 0 aliphatic heterocycles. The van der Waals surface area contributed by atoms with Gasteiger partial charge in [-0.25, -0.2) is 0 Å². The fourth-order valence-electron chi connectivity index (χ4n) is 12.2. The van der Waals surface area contributed by atoms with E-state index in [-0.39, 0.29) is 0 Å². The minimum Gasteiger partial charge on any atom is -0.307 e. The van der Waals surface area contributed by atoms with E-state index in [1.807, 2.05) is 0 Å². The van der Waals surface area contributed by atoms with Crippen molar-refractivity contribution in [1.29, 1.82) is 0 Å². The summed E-state index contributed by atoms with van der Waals surface area (Å²) in [5.74, 6) is 1.59. The normalized spacial score (nSPS) is 11.9. The van der Waals surface area contributed by atoms with Crippen molar-refractivity contribution in [3.63, 3.8) is 0 Å². The monoisotopic (exact) mass is 969 g/mol. The molecular weight excluding hydrogens is 927 g/mol. The van der Waals surface area contributed by atoms with Crippen LogP contribution in [0.15, 0.2) is 261 Å². The van der Waals surface area contributed by atoms with Crippen LogP contribution in [0, 0.1) is 0 Å². The number of fused-ring (bicyclic) bond motifs is 14. The quantitative estimate of drug-likeness (QED) is 0.160. The Balaban J connectivity index is 1.08. The Morgan fingerprint density at radius 3 is 1.14 bits per heavy atom. The maximum Gasteiger partial charge on any atom is 0.240 e. The van der Waals surface area contributed by atoms with Crippen LogP contribution in [0.3, 0.4) is 0 Å². The highest BCUT2D eigenvalue weighted by molar-refractivity contribution is 6.28. The Kier molecular flexibility index (Phi) is 9.20. The van der Waals surface area contributed by atoms with Gasteiger partial charge in [-0.1, -0.05) is 206 Å². The molecule has 7 nitrogen and oxygen atoms in total. The molecule has 7 heteroatoms. The fourth-order valence-corrected chi connectivity index (χ4v) is 12.2. The smallest absolute Gasteiger partial charge is 0.240 e. The molecule has 0 saturated carbocycles. The summed E-state index contributed by atoms with van der Waals surface area (Å²) in [6.45, 7) is 0. The second-order valence-corrected chi connectivity index (χ2v) is 19.6. The molecule has 0 unspecified atom stereocenters. The van der Waals surface area contributed by atoms with Gasteiger partial charge in [-0.05, 0) is 76.9 Å². The Bertz CT molecular complexity index is 4950. The van der Waals surface area contributed by atoms with Crippen LogP contribution < -0.4 is 0 Å². The van der Waals surface area contributed by atoms with Crippen LogP contribution >= 0.6 is 0 Å². The fraction of sp³-hybridized carbons (Fsp3) is 0. The Labute approximate surface area is 436 Å². The maximum absolute atomic E-state index is 5.80. The van der Waals surface area contributed by atoms with Crippen LogP contribution in [0.25, 0.3) is 144 Å². The molecule has 0 bridgehead atoms. The molecule has 354 valence electrons. The predicted octanol–water partition coefficient (Wildman–Crippen LogP) is 17.3. The number of hydrogen-bond donors (Lipinski definition) is 0. The van der Waals surface area contributed by atoms with Gasteiger partial charge in [0.2, 0.25) is 11.9 Å². The van der Waals surface area contributed by atoms with Crippen molar-refractivity contribution < 1.29 is 0 Å². The molecule has 11 aromatic carbocycles. The largest absolute Gasteiger partial charge is 0.307 e. The number of hydrogen-bond acceptors (Lipinski definition) is 3. The number of para-hydroxylation sites is 6. The van der Waals surface area contributed by atoms with E-state index in [4.69, 9.17) is 15.0 Å². The van der Waals surface area contributed by atoms with E-state index in [1.165, 1.54) is 5.39 Å². The molecule has 5 aromatic heterocycles. The second kappa shape index (κ2) is 16.6. The number of nitrogens with zero attached hydrogens (tertiary/aromatic N) is 7. The van der Waals surface area contributed by atoms with E-state index in [2.05, 4.69) is 279 Å². The molecule has 0 spiro atoms. The standard InChI is InChI=1S/C69H43N7/c1-5-21-44(22-6-1)45-37-39-47(40-38-45)67-70-68(75-59-34-18-14-30-51(59)54-42-41-53-50-29-13-17-33-58(50)73(63(53)64(54)75)48-25-9-3-10-26-48)72-69(71-67)76-60-35-19-15-31-52(60)57-43-56(46-23-7-2-8-24-46)62-55-32-16-20-36-61(55)74(66(62)65(57)76)49-27-11-4-12-28-49/h1-43H. The summed E-state index contributed by atoms with van der Waals surface area (Å²) in [5.41, 5.74) is 16.0. The van der Waals surface area contributed by atoms with Gasteiger partial charge in [0, 0.05) is 60.0 Å². The van der Waals surface area contributed by atoms with Gasteiger partial charge in [0.15, 0.2) is 5.82 Å². The molecule has 0 aliphatic carbocycles. The zero-order valence-corrected chi connectivity index (χ0v) is 41.0. The Morgan fingerprint density at radius 2 is 0.605 bits per heavy atom. The van der Waals surface area contributed by atoms with Gasteiger partial charge in [-0.3, -0.25) is 9.13 Å². The lowest BCUT2D eigenvalue weighted by Crippen LogP contribution is -2.11. The highest BCUT2D eigenvalue weighted by Crippen LogP contribution is 2.47. The first-order valence-corrected chi connectivity index (χ1v) is 25.8. The number of benzene rings is 11. The maximum atomic E-state index is 5.80. The first kappa shape index (κ1) is 42.2. The molecule has 76 heavy (non-hydrogen) atoms. The lowest BCUT2D eigenvalue weighted by molar-refractivity contribution is 0.893. The van der Waals surface area contributed by atoms with Crippen molar-refractivity contribution in [2.45, 2.75) is 0 Å². The lowest BCUT2D eigenvalue weighted by atomic mass is 9.96. The molecule has 0 radical (unpaired) electrons. The van der Waals surface area contributed by atoms with Crippen LogP contribution in [-0.2, 0) is 0 Å². The topological polar surface area (TPSA) is 58.4 Å². The van der Waals surface area contributed by atoms with E-state index >= 15 is 0 Å². The highest BCUT2D eigenvalue weighted by atomic mass is 15.3. The summed E-state index contributed by atoms with van der Waals surface area (Å²) in [7, 11) is 0. The molecule has 0 atom stereocenters. The SMILES string of the molecule is c1ccc(-c2ccc(-c3nc(-n4c5ccccc5c5ccc6c7ccccc7n(-c7ccccc7)c6c54)nc(-n4c5ccccc5c5cc(-c6ccccc6)c6c7ccccc7n(-c7ccccc7)c6c54)n3)cc2)cc1. The minimum absolute atomic E-state index is 0.513. The summed E-state index contributed by atoms with van der Waals surface area (Å²) in [4.78, 5) is 17.1. The minimum atomic E-state index is 0.513. The van der Waals surface area contributed by atoms with E-state index in [0.29, 0.717) is 17.7 Å². The van der Waals surface area contributed by atoms with Crippen LogP contribution in [0.2, 0.25) is 0 Å². The van der Waals surface area contributed by atoms with Crippen LogP contribution in [0.1, 0.15) is 0 Å². The molecule has 0 saturated heterocycles. The first-order valence-electron chi connectivity index (χ1n) is 25.8. The molecule has 16 rings (SSSR count). The predicted molar refractivity (Wildman–Crippen MR) is 313 cm³/mol. The van der Waals surface area contributed by atoms with Crippen molar-refractivity contribution in [3.05, 3.63) is 261 Å². The third-order valence-corrected chi connectivity index (χ3v) is 15.4. The van der Waals surface area contributed by atoms with Crippen molar-refractivity contribution in [2.24, 2.45) is 0 Å². The zero-order valence-electron chi connectivity index (χ0n) is 41.0. The van der Waals surface area contributed by atoms with Gasteiger partial charge >= 0.3 is 0 Å². The van der Waals surface area contributed by atoms with Gasteiger partial charge in [-0.15, -0.1) is 0 Å². The third-order valence-electron chi connectivity index (χ3n) is 15.4. The van der Waals surface area contributed by atoms with E-state index in [1.54, 1.807) is 0 Å². The number of aromatic nitrogens is 7. The summed E-state index contributed by atoms with van der Waals surface area (Å²) < 4.78 is 9.43. The average Bonchev–Trinajstić information content (AvgIpc) is 4.44. The summed E-state index contributed by atoms with van der Waals surface area (Å²) in [6, 6.07) is 93.2. The molecule has 0 N–H and O–H groups in total. The molecule has 16 aromatic rings. The van der Waals surface area contributed by atoms with Crippen LogP contribution in [-0.4, -0.2) is 33.2 Å². The van der Waals surface area contributed by atoms with E-state index < -0.39 is 0 Å². The van der Waals surface area contributed by atoms with Gasteiger partial charge in [0.25, 0.3) is 0 Å². The molecule has 0 amide bonds. The van der Waals surface area contributed by atoms with Crippen LogP contribution in [0.4, 0.5) is 0 Å². The lowest BCUT2D eigenvalue weighted by Gasteiger charge is -2.16. The molecule has 0 aliphatic rings. The van der Waals surface area contributed by atoms with Gasteiger partial charge in [0.05, 0.1) is 44.1 Å². The summed E-state index contributed by atoms with van der Waals surface area (Å²) in [6.07, 6.45) is 0. The van der Waals surface area contributed by atoms with E-state index in [9.17, 15) is 0 Å². The van der Waals surface area contributed by atoms with E-state index in [0.717, 1.165) is 121 Å². The molecular formula is C69H43N7. The Morgan fingerprint density at radius 1 is 0.237 bits per heavy atom. The van der Waals surface area contributed by atoms with Crippen LogP contribution in [0.5, 0.6) is 0 Å². The Hall–Kier alpha value is -10.4. The van der Waals surface area contributed by atoms with Crippen molar-refractivity contribution in [3.8, 4) is 56.9 Å². The van der Waals surface area contributed by atoms with Gasteiger partial charge in [0.1, 0.15) is 0 Å². The number of rotatable bonds is 7. The highest BCUT2D eigenvalue weighted by Gasteiger charge is 2.28. The third kappa shape index (κ3) is 6.20. The van der Waals surface area contributed by atoms with Gasteiger partial charge in [-0.2, -0.15) is 15.0 Å².